The Labute approximate surface area is 195 Å². The molecule has 0 radical (unpaired) electrons. The molecule has 0 unspecified atom stereocenters. The van der Waals surface area contributed by atoms with E-state index >= 15 is 0 Å². The van der Waals surface area contributed by atoms with Gasteiger partial charge in [-0.3, -0.25) is 4.79 Å². The number of hydrogen-bond donors (Lipinski definition) is 2. The molecule has 4 rings (SSSR count). The van der Waals surface area contributed by atoms with Gasteiger partial charge in [0.05, 0.1) is 34.0 Å². The first-order chi connectivity index (χ1) is 15.9. The summed E-state index contributed by atoms with van der Waals surface area (Å²) in [6, 6.07) is 13.6. The van der Waals surface area contributed by atoms with Crippen LogP contribution in [0.15, 0.2) is 57.8 Å². The van der Waals surface area contributed by atoms with Gasteiger partial charge in [-0.15, -0.1) is 12.6 Å². The number of methoxy groups -OCH3 is 4. The number of ether oxygens (including phenoxy) is 4. The summed E-state index contributed by atoms with van der Waals surface area (Å²) in [7, 11) is 5.89. The average Bonchev–Trinajstić information content (AvgIpc) is 3.23. The second-order valence-corrected chi connectivity index (χ2v) is 7.54. The first-order valence-corrected chi connectivity index (χ1v) is 10.3. The van der Waals surface area contributed by atoms with Crippen LogP contribution in [-0.4, -0.2) is 39.3 Å². The van der Waals surface area contributed by atoms with Gasteiger partial charge in [-0.05, 0) is 30.3 Å². The fourth-order valence-corrected chi connectivity index (χ4v) is 3.99. The lowest BCUT2D eigenvalue weighted by Crippen LogP contribution is -2.05. The first-order valence-electron chi connectivity index (χ1n) is 9.90. The van der Waals surface area contributed by atoms with Crippen LogP contribution in [0.3, 0.4) is 0 Å². The van der Waals surface area contributed by atoms with E-state index < -0.39 is 0 Å². The van der Waals surface area contributed by atoms with Gasteiger partial charge in [0.15, 0.2) is 28.6 Å². The van der Waals surface area contributed by atoms with Crippen molar-refractivity contribution in [2.75, 3.05) is 28.4 Å². The fraction of sp³-hybridized carbons (Fsp3) is 0.160. The number of carbonyl (C=O) groups is 1. The minimum Gasteiger partial charge on any atom is -0.502 e. The van der Waals surface area contributed by atoms with Crippen LogP contribution in [0.5, 0.6) is 28.7 Å². The van der Waals surface area contributed by atoms with Crippen LogP contribution in [-0.2, 0) is 0 Å². The van der Waals surface area contributed by atoms with Gasteiger partial charge >= 0.3 is 0 Å². The van der Waals surface area contributed by atoms with Gasteiger partial charge in [-0.2, -0.15) is 0 Å². The van der Waals surface area contributed by atoms with Crippen molar-refractivity contribution in [1.29, 1.82) is 0 Å². The van der Waals surface area contributed by atoms with E-state index in [2.05, 4.69) is 12.6 Å². The number of phenolic OH excluding ortho intramolecular Hbond substituents is 1. The number of ketones is 1. The Hall–Kier alpha value is -3.78. The van der Waals surface area contributed by atoms with Gasteiger partial charge in [0.1, 0.15) is 5.76 Å². The molecule has 0 bridgehead atoms. The Morgan fingerprint density at radius 2 is 1.52 bits per heavy atom. The van der Waals surface area contributed by atoms with E-state index in [-0.39, 0.29) is 34.2 Å². The van der Waals surface area contributed by atoms with Crippen LogP contribution in [0.25, 0.3) is 22.3 Å². The molecule has 4 aromatic rings. The van der Waals surface area contributed by atoms with Crippen LogP contribution in [0.2, 0.25) is 0 Å². The number of rotatable bonds is 7. The van der Waals surface area contributed by atoms with E-state index in [9.17, 15) is 9.90 Å². The average molecular weight is 467 g/mol. The largest absolute Gasteiger partial charge is 0.502 e. The summed E-state index contributed by atoms with van der Waals surface area (Å²) in [5, 5.41) is 11.1. The highest BCUT2D eigenvalue weighted by atomic mass is 32.1. The van der Waals surface area contributed by atoms with E-state index in [0.717, 1.165) is 0 Å². The molecule has 3 aromatic carbocycles. The molecule has 0 saturated carbocycles. The molecule has 7 nitrogen and oxygen atoms in total. The molecule has 1 aromatic heterocycles. The number of benzene rings is 3. The molecule has 0 aliphatic carbocycles. The van der Waals surface area contributed by atoms with Crippen molar-refractivity contribution in [1.82, 2.24) is 0 Å². The number of thiol groups is 1. The summed E-state index contributed by atoms with van der Waals surface area (Å²) in [4.78, 5) is 14.5. The van der Waals surface area contributed by atoms with Crippen molar-refractivity contribution in [2.45, 2.75) is 4.90 Å². The third-order valence-corrected chi connectivity index (χ3v) is 5.71. The second kappa shape index (κ2) is 8.99. The lowest BCUT2D eigenvalue weighted by molar-refractivity contribution is 0.103. The Bertz CT molecular complexity index is 1330. The number of phenols is 1. The van der Waals surface area contributed by atoms with Gasteiger partial charge in [0.2, 0.25) is 11.5 Å². The maximum atomic E-state index is 13.9. The highest BCUT2D eigenvalue weighted by Crippen LogP contribution is 2.45. The smallest absolute Gasteiger partial charge is 0.203 e. The number of fused-ring (bicyclic) bond motifs is 1. The Morgan fingerprint density at radius 3 is 2.09 bits per heavy atom. The Balaban J connectivity index is 2.02. The standard InChI is InChI=1S/C25H22O7S/c1-28-16-10-9-15-20(21(26)13-11-17(29-2)25(31-4)18(12-13)30-3)23(32-24(15)22(16)27)14-7-5-6-8-19(14)33/h5-12,27,33H,1-4H3. The molecule has 0 spiro atoms. The van der Waals surface area contributed by atoms with Crippen LogP contribution in [0.4, 0.5) is 0 Å². The minimum atomic E-state index is -0.357. The van der Waals surface area contributed by atoms with Crippen molar-refractivity contribution >= 4 is 29.4 Å². The van der Waals surface area contributed by atoms with E-state index in [0.29, 0.717) is 38.7 Å². The first kappa shape index (κ1) is 22.4. The Morgan fingerprint density at radius 1 is 0.879 bits per heavy atom. The number of furan rings is 1. The maximum Gasteiger partial charge on any atom is 0.203 e. The van der Waals surface area contributed by atoms with Gasteiger partial charge in [-0.25, -0.2) is 0 Å². The molecule has 0 aliphatic heterocycles. The number of hydrogen-bond acceptors (Lipinski definition) is 8. The van der Waals surface area contributed by atoms with Gasteiger partial charge < -0.3 is 28.5 Å². The third-order valence-electron chi connectivity index (χ3n) is 5.32. The van der Waals surface area contributed by atoms with Crippen LogP contribution in [0.1, 0.15) is 15.9 Å². The predicted molar refractivity (Wildman–Crippen MR) is 127 cm³/mol. The van der Waals surface area contributed by atoms with Gasteiger partial charge in [0, 0.05) is 21.4 Å². The SMILES string of the molecule is COc1cc(C(=O)c2c(-c3ccccc3S)oc3c(O)c(OC)ccc23)cc(OC)c1OC. The van der Waals surface area contributed by atoms with E-state index in [4.69, 9.17) is 23.4 Å². The molecule has 8 heteroatoms. The number of carbonyl (C=O) groups excluding carboxylic acids is 1. The van der Waals surface area contributed by atoms with Crippen molar-refractivity contribution < 1.29 is 33.3 Å². The van der Waals surface area contributed by atoms with Crippen molar-refractivity contribution in [3.63, 3.8) is 0 Å². The summed E-state index contributed by atoms with van der Waals surface area (Å²) in [5.74, 6) is 1.01. The zero-order chi connectivity index (χ0) is 23.7. The predicted octanol–water partition coefficient (Wildman–Crippen LogP) is 5.36. The molecule has 0 aliphatic rings. The quantitative estimate of drug-likeness (QED) is 0.280. The molecular weight excluding hydrogens is 444 g/mol. The fourth-order valence-electron chi connectivity index (χ4n) is 3.73. The second-order valence-electron chi connectivity index (χ2n) is 7.06. The van der Waals surface area contributed by atoms with Crippen LogP contribution >= 0.6 is 12.6 Å². The van der Waals surface area contributed by atoms with E-state index in [1.807, 2.05) is 12.1 Å². The summed E-state index contributed by atoms with van der Waals surface area (Å²) in [6.07, 6.45) is 0. The van der Waals surface area contributed by atoms with Gasteiger partial charge in [0.25, 0.3) is 0 Å². The van der Waals surface area contributed by atoms with Crippen LogP contribution < -0.4 is 18.9 Å². The van der Waals surface area contributed by atoms with Crippen molar-refractivity contribution in [3.8, 4) is 40.1 Å². The topological polar surface area (TPSA) is 87.4 Å². The highest BCUT2D eigenvalue weighted by molar-refractivity contribution is 7.80. The monoisotopic (exact) mass is 466 g/mol. The third kappa shape index (κ3) is 3.72. The van der Waals surface area contributed by atoms with E-state index in [1.54, 1.807) is 36.4 Å². The summed E-state index contributed by atoms with van der Waals surface area (Å²) in [5.41, 5.74) is 1.29. The lowest BCUT2D eigenvalue weighted by atomic mass is 9.96. The maximum absolute atomic E-state index is 13.9. The minimum absolute atomic E-state index is 0.136. The molecule has 0 amide bonds. The molecule has 1 N–H and O–H groups in total. The highest BCUT2D eigenvalue weighted by Gasteiger charge is 2.28. The van der Waals surface area contributed by atoms with Crippen molar-refractivity contribution in [2.24, 2.45) is 0 Å². The Kier molecular flexibility index (Phi) is 6.11. The summed E-state index contributed by atoms with van der Waals surface area (Å²) in [6.45, 7) is 0. The summed E-state index contributed by atoms with van der Waals surface area (Å²) >= 11 is 4.53. The molecule has 0 saturated heterocycles. The molecule has 0 fully saturated rings. The molecule has 0 atom stereocenters. The zero-order valence-electron chi connectivity index (χ0n) is 18.5. The number of aromatic hydroxyl groups is 1. The zero-order valence-corrected chi connectivity index (χ0v) is 19.4. The molecule has 170 valence electrons. The molecular formula is C25H22O7S. The molecule has 1 heterocycles. The molecule has 33 heavy (non-hydrogen) atoms. The van der Waals surface area contributed by atoms with Gasteiger partial charge in [-0.1, -0.05) is 18.2 Å². The lowest BCUT2D eigenvalue weighted by Gasteiger charge is -2.14. The summed E-state index contributed by atoms with van der Waals surface area (Å²) < 4.78 is 27.4. The van der Waals surface area contributed by atoms with Crippen LogP contribution in [0, 0.1) is 0 Å². The van der Waals surface area contributed by atoms with Crippen molar-refractivity contribution in [3.05, 3.63) is 59.7 Å². The normalized spacial score (nSPS) is 10.8. The van der Waals surface area contributed by atoms with E-state index in [1.165, 1.54) is 28.4 Å².